The minimum absolute atomic E-state index is 0.224. The van der Waals surface area contributed by atoms with Gasteiger partial charge in [-0.3, -0.25) is 19.9 Å². The van der Waals surface area contributed by atoms with E-state index in [9.17, 15) is 14.4 Å². The van der Waals surface area contributed by atoms with Gasteiger partial charge in [0, 0.05) is 36.3 Å². The number of esters is 1. The van der Waals surface area contributed by atoms with Crippen molar-refractivity contribution < 1.29 is 24.2 Å². The maximum atomic E-state index is 12.0. The molecule has 0 aliphatic heterocycles. The van der Waals surface area contributed by atoms with Crippen molar-refractivity contribution in [2.24, 2.45) is 0 Å². The quantitative estimate of drug-likeness (QED) is 0.272. The van der Waals surface area contributed by atoms with Crippen molar-refractivity contribution in [3.05, 3.63) is 54.7 Å². The summed E-state index contributed by atoms with van der Waals surface area (Å²) in [5.41, 5.74) is 3.78. The molecule has 3 heterocycles. The van der Waals surface area contributed by atoms with Crippen molar-refractivity contribution in [1.82, 2.24) is 25.3 Å². The molecule has 11 nitrogen and oxygen atoms in total. The molecule has 0 radical (unpaired) electrons. The number of carboxylic acids is 1. The zero-order valence-electron chi connectivity index (χ0n) is 20.1. The number of aromatic nitrogens is 4. The second kappa shape index (κ2) is 11.5. The third-order valence-corrected chi connectivity index (χ3v) is 6.23. The lowest BCUT2D eigenvalue weighted by molar-refractivity contribution is -0.152. The molecule has 1 atom stereocenters. The first-order chi connectivity index (χ1) is 17.8. The Morgan fingerprint density at radius 3 is 2.54 bits per heavy atom. The molecule has 4 rings (SSSR count). The SMILES string of the molecule is CCNC(=O)Nc1nc2cc(-c3cnc([C@@H](C)OC(=O)CCC(=O)O)nc3)cc(-c3ccccn3)c2s1. The first kappa shape index (κ1) is 25.6. The number of urea groups is 1. The minimum Gasteiger partial charge on any atom is -0.481 e. The van der Waals surface area contributed by atoms with Crippen LogP contribution < -0.4 is 10.6 Å². The van der Waals surface area contributed by atoms with Crippen LogP contribution >= 0.6 is 11.3 Å². The summed E-state index contributed by atoms with van der Waals surface area (Å²) in [4.78, 5) is 52.3. The monoisotopic (exact) mass is 520 g/mol. The third kappa shape index (κ3) is 6.41. The lowest BCUT2D eigenvalue weighted by Crippen LogP contribution is -2.28. The molecule has 0 aliphatic carbocycles. The number of anilines is 1. The molecule has 3 aromatic heterocycles. The topological polar surface area (TPSA) is 156 Å². The Morgan fingerprint density at radius 1 is 1.08 bits per heavy atom. The zero-order chi connectivity index (χ0) is 26.4. The van der Waals surface area contributed by atoms with E-state index < -0.39 is 18.0 Å². The minimum atomic E-state index is -1.07. The largest absolute Gasteiger partial charge is 0.481 e. The van der Waals surface area contributed by atoms with Gasteiger partial charge in [0.25, 0.3) is 0 Å². The fraction of sp³-hybridized carbons (Fsp3) is 0.240. The molecule has 190 valence electrons. The van der Waals surface area contributed by atoms with Gasteiger partial charge in [0.05, 0.1) is 28.8 Å². The summed E-state index contributed by atoms with van der Waals surface area (Å²) in [6.07, 6.45) is 3.69. The second-order valence-electron chi connectivity index (χ2n) is 7.95. The molecule has 12 heteroatoms. The number of ether oxygens (including phenoxy) is 1. The molecule has 0 aliphatic rings. The van der Waals surface area contributed by atoms with Crippen LogP contribution in [0.15, 0.2) is 48.9 Å². The van der Waals surface area contributed by atoms with Crippen LogP contribution in [0.25, 0.3) is 32.6 Å². The number of hydrogen-bond donors (Lipinski definition) is 3. The number of amides is 2. The van der Waals surface area contributed by atoms with E-state index in [1.807, 2.05) is 37.3 Å². The summed E-state index contributed by atoms with van der Waals surface area (Å²) in [5.74, 6) is -1.41. The predicted octanol–water partition coefficient (Wildman–Crippen LogP) is 4.43. The molecular weight excluding hydrogens is 496 g/mol. The van der Waals surface area contributed by atoms with Crippen molar-refractivity contribution in [1.29, 1.82) is 0 Å². The number of benzene rings is 1. The number of pyridine rings is 1. The Morgan fingerprint density at radius 2 is 1.86 bits per heavy atom. The van der Waals surface area contributed by atoms with Crippen molar-refractivity contribution in [2.45, 2.75) is 32.8 Å². The zero-order valence-corrected chi connectivity index (χ0v) is 20.9. The number of carboxylic acid groups (broad SMARTS) is 1. The van der Waals surface area contributed by atoms with Crippen LogP contribution in [0.1, 0.15) is 38.6 Å². The van der Waals surface area contributed by atoms with E-state index in [1.54, 1.807) is 25.5 Å². The summed E-state index contributed by atoms with van der Waals surface area (Å²) in [6.45, 7) is 3.95. The molecule has 0 bridgehead atoms. The number of carbonyl (C=O) groups is 3. The highest BCUT2D eigenvalue weighted by Crippen LogP contribution is 2.38. The summed E-state index contributed by atoms with van der Waals surface area (Å²) in [6, 6.07) is 9.15. The number of carbonyl (C=O) groups excluding carboxylic acids is 2. The summed E-state index contributed by atoms with van der Waals surface area (Å²) in [5, 5.41) is 14.6. The molecule has 0 fully saturated rings. The van der Waals surface area contributed by atoms with E-state index >= 15 is 0 Å². The second-order valence-corrected chi connectivity index (χ2v) is 8.95. The molecular formula is C25H24N6O5S. The van der Waals surface area contributed by atoms with Gasteiger partial charge in [-0.05, 0) is 43.7 Å². The fourth-order valence-electron chi connectivity index (χ4n) is 3.48. The van der Waals surface area contributed by atoms with Gasteiger partial charge in [-0.15, -0.1) is 0 Å². The first-order valence-electron chi connectivity index (χ1n) is 11.5. The Kier molecular flexibility index (Phi) is 7.98. The van der Waals surface area contributed by atoms with Crippen LogP contribution in [0.3, 0.4) is 0 Å². The number of nitrogens with zero attached hydrogens (tertiary/aromatic N) is 4. The van der Waals surface area contributed by atoms with Crippen LogP contribution in [0.2, 0.25) is 0 Å². The maximum Gasteiger partial charge on any atom is 0.321 e. The average molecular weight is 521 g/mol. The summed E-state index contributed by atoms with van der Waals surface area (Å²) < 4.78 is 6.10. The number of thiazole rings is 1. The lowest BCUT2D eigenvalue weighted by Gasteiger charge is -2.12. The summed E-state index contributed by atoms with van der Waals surface area (Å²) >= 11 is 1.36. The average Bonchev–Trinajstić information content (AvgIpc) is 3.29. The maximum absolute atomic E-state index is 12.0. The van der Waals surface area contributed by atoms with E-state index in [-0.39, 0.29) is 18.9 Å². The predicted molar refractivity (Wildman–Crippen MR) is 138 cm³/mol. The lowest BCUT2D eigenvalue weighted by atomic mass is 10.0. The molecule has 0 saturated heterocycles. The third-order valence-electron chi connectivity index (χ3n) is 5.21. The standard InChI is InChI=1S/C25H24N6O5S/c1-3-26-24(35)31-25-30-19-11-15(10-17(22(19)37-25)18-6-4-5-9-27-18)16-12-28-23(29-13-16)14(2)36-21(34)8-7-20(32)33/h4-6,9-14H,3,7-8H2,1-2H3,(H,32,33)(H2,26,30,31,35)/t14-/m1/s1. The summed E-state index contributed by atoms with van der Waals surface area (Å²) in [7, 11) is 0. The van der Waals surface area contributed by atoms with E-state index in [1.165, 1.54) is 11.3 Å². The van der Waals surface area contributed by atoms with Crippen LogP contribution in [-0.4, -0.2) is 49.6 Å². The van der Waals surface area contributed by atoms with Crippen molar-refractivity contribution in [3.63, 3.8) is 0 Å². The molecule has 1 aromatic carbocycles. The number of fused-ring (bicyclic) bond motifs is 1. The molecule has 3 N–H and O–H groups in total. The van der Waals surface area contributed by atoms with Crippen molar-refractivity contribution in [3.8, 4) is 22.4 Å². The van der Waals surface area contributed by atoms with Gasteiger partial charge in [-0.1, -0.05) is 17.4 Å². The number of aliphatic carboxylic acids is 1. The van der Waals surface area contributed by atoms with Gasteiger partial charge in [0.2, 0.25) is 0 Å². The molecule has 2 amide bonds. The van der Waals surface area contributed by atoms with Gasteiger partial charge >= 0.3 is 18.0 Å². The van der Waals surface area contributed by atoms with Gasteiger partial charge in [-0.25, -0.2) is 19.7 Å². The van der Waals surface area contributed by atoms with E-state index in [0.29, 0.717) is 28.6 Å². The molecule has 37 heavy (non-hydrogen) atoms. The Bertz CT molecular complexity index is 1430. The highest BCUT2D eigenvalue weighted by molar-refractivity contribution is 7.22. The molecule has 4 aromatic rings. The smallest absolute Gasteiger partial charge is 0.321 e. The normalized spacial score (nSPS) is 11.6. The van der Waals surface area contributed by atoms with Crippen LogP contribution in [0.4, 0.5) is 9.93 Å². The molecule has 0 unspecified atom stereocenters. The van der Waals surface area contributed by atoms with Crippen LogP contribution in [0.5, 0.6) is 0 Å². The van der Waals surface area contributed by atoms with Gasteiger partial charge in [-0.2, -0.15) is 0 Å². The van der Waals surface area contributed by atoms with E-state index in [0.717, 1.165) is 21.5 Å². The molecule has 0 saturated carbocycles. The van der Waals surface area contributed by atoms with Crippen LogP contribution in [0, 0.1) is 0 Å². The fourth-order valence-corrected chi connectivity index (χ4v) is 4.45. The van der Waals surface area contributed by atoms with E-state index in [4.69, 9.17) is 9.84 Å². The Hall–Kier alpha value is -4.45. The van der Waals surface area contributed by atoms with Gasteiger partial charge in [0.1, 0.15) is 0 Å². The first-order valence-corrected chi connectivity index (χ1v) is 12.3. The van der Waals surface area contributed by atoms with Crippen LogP contribution in [-0.2, 0) is 14.3 Å². The number of hydrogen-bond acceptors (Lipinski definition) is 9. The highest BCUT2D eigenvalue weighted by Gasteiger charge is 2.18. The highest BCUT2D eigenvalue weighted by atomic mass is 32.1. The van der Waals surface area contributed by atoms with Gasteiger partial charge in [0.15, 0.2) is 17.1 Å². The molecule has 0 spiro atoms. The number of nitrogens with one attached hydrogen (secondary N) is 2. The Balaban J connectivity index is 1.63. The van der Waals surface area contributed by atoms with Crippen molar-refractivity contribution >= 4 is 44.7 Å². The Labute approximate surface area is 216 Å². The van der Waals surface area contributed by atoms with Crippen molar-refractivity contribution in [2.75, 3.05) is 11.9 Å². The number of rotatable bonds is 9. The van der Waals surface area contributed by atoms with Gasteiger partial charge < -0.3 is 15.2 Å². The van der Waals surface area contributed by atoms with E-state index in [2.05, 4.69) is 30.6 Å².